The van der Waals surface area contributed by atoms with E-state index in [0.717, 1.165) is 11.0 Å². The molecule has 2 heterocycles. The fourth-order valence-electron chi connectivity index (χ4n) is 2.77. The molecule has 0 saturated carbocycles. The number of pyridine rings is 1. The molecule has 0 aliphatic carbocycles. The number of amides is 1. The number of fused-ring (bicyclic) bond motifs is 1. The average molecular weight is 375 g/mol. The van der Waals surface area contributed by atoms with E-state index in [1.165, 1.54) is 30.6 Å². The van der Waals surface area contributed by atoms with Gasteiger partial charge in [0.2, 0.25) is 0 Å². The molecule has 9 heteroatoms. The van der Waals surface area contributed by atoms with Gasteiger partial charge < -0.3 is 10.0 Å². The van der Waals surface area contributed by atoms with Gasteiger partial charge >= 0.3 is 11.8 Å². The molecule has 2 aromatic rings. The number of carbonyl (C=O) groups is 1. The Morgan fingerprint density at radius 2 is 2.00 bits per heavy atom. The Bertz CT molecular complexity index is 832. The van der Waals surface area contributed by atoms with E-state index in [-0.39, 0.29) is 17.3 Å². The summed E-state index contributed by atoms with van der Waals surface area (Å²) in [4.78, 5) is 16.8. The van der Waals surface area contributed by atoms with E-state index in [0.29, 0.717) is 5.56 Å². The molecule has 1 amide bonds. The first-order valence-corrected chi connectivity index (χ1v) is 7.50. The third-order valence-electron chi connectivity index (χ3n) is 3.85. The second-order valence-corrected chi connectivity index (χ2v) is 5.93. The van der Waals surface area contributed by atoms with E-state index >= 15 is 0 Å². The summed E-state index contributed by atoms with van der Waals surface area (Å²) in [5, 5.41) is 9.81. The maximum atomic E-state index is 14.5. The summed E-state index contributed by atoms with van der Waals surface area (Å²) in [6.07, 6.45) is -2.98. The number of alkyl halides is 4. The van der Waals surface area contributed by atoms with Gasteiger partial charge in [0.25, 0.3) is 6.43 Å². The van der Waals surface area contributed by atoms with Crippen molar-refractivity contribution in [2.75, 3.05) is 4.90 Å². The first-order valence-electron chi connectivity index (χ1n) is 7.12. The number of halogens is 5. The Balaban J connectivity index is 2.08. The minimum atomic E-state index is -4.02. The van der Waals surface area contributed by atoms with Crippen LogP contribution in [0, 0.1) is 0 Å². The van der Waals surface area contributed by atoms with E-state index in [1.54, 1.807) is 0 Å². The Morgan fingerprint density at radius 3 is 2.64 bits per heavy atom. The van der Waals surface area contributed by atoms with Crippen molar-refractivity contribution < 1.29 is 27.5 Å². The van der Waals surface area contributed by atoms with Gasteiger partial charge in [-0.15, -0.1) is 0 Å². The predicted molar refractivity (Wildman–Crippen MR) is 81.7 cm³/mol. The zero-order valence-electron chi connectivity index (χ0n) is 12.5. The minimum absolute atomic E-state index is 0.229. The van der Waals surface area contributed by atoms with Crippen LogP contribution >= 0.6 is 11.6 Å². The minimum Gasteiger partial charge on any atom is -0.382 e. The van der Waals surface area contributed by atoms with Gasteiger partial charge in [0, 0.05) is 12.4 Å². The molecular weight excluding hydrogens is 364 g/mol. The average Bonchev–Trinajstić information content (AvgIpc) is 2.75. The van der Waals surface area contributed by atoms with Gasteiger partial charge in [0.1, 0.15) is 6.10 Å². The third-order valence-corrected chi connectivity index (χ3v) is 4.06. The lowest BCUT2D eigenvalue weighted by Gasteiger charge is -2.18. The van der Waals surface area contributed by atoms with E-state index < -0.39 is 35.5 Å². The van der Waals surface area contributed by atoms with Gasteiger partial charge in [-0.1, -0.05) is 23.7 Å². The van der Waals surface area contributed by atoms with Gasteiger partial charge in [-0.05, 0) is 23.3 Å². The largest absolute Gasteiger partial charge is 0.382 e. The third kappa shape index (κ3) is 2.96. The number of hydrogen-bond donors (Lipinski definition) is 1. The second-order valence-electron chi connectivity index (χ2n) is 5.50. The maximum Gasteiger partial charge on any atom is 0.352 e. The topological polar surface area (TPSA) is 53.4 Å². The van der Waals surface area contributed by atoms with Crippen molar-refractivity contribution in [3.63, 3.8) is 0 Å². The molecule has 0 fully saturated rings. The van der Waals surface area contributed by atoms with Crippen LogP contribution in [0.2, 0.25) is 5.02 Å². The fraction of sp³-hybridized carbons (Fsp3) is 0.250. The number of aliphatic hydroxyl groups is 1. The van der Waals surface area contributed by atoms with E-state index in [2.05, 4.69) is 4.98 Å². The summed E-state index contributed by atoms with van der Waals surface area (Å²) in [6.45, 7) is -0.261. The molecule has 132 valence electrons. The summed E-state index contributed by atoms with van der Waals surface area (Å²) in [7, 11) is 0. The smallest absolute Gasteiger partial charge is 0.352 e. The summed E-state index contributed by atoms with van der Waals surface area (Å²) in [5.41, 5.74) is -1.41. The first-order chi connectivity index (χ1) is 11.7. The molecule has 0 saturated heterocycles. The second kappa shape index (κ2) is 6.27. The lowest BCUT2D eigenvalue weighted by molar-refractivity contribution is -0.142. The number of nitrogens with zero attached hydrogens (tertiary/aromatic N) is 2. The molecule has 1 N–H and O–H groups in total. The maximum absolute atomic E-state index is 14.5. The Hall–Kier alpha value is -2.19. The van der Waals surface area contributed by atoms with Crippen LogP contribution in [-0.2, 0) is 17.3 Å². The van der Waals surface area contributed by atoms with E-state index in [4.69, 9.17) is 11.6 Å². The Labute approximate surface area is 144 Å². The van der Waals surface area contributed by atoms with Crippen molar-refractivity contribution in [1.29, 1.82) is 0 Å². The van der Waals surface area contributed by atoms with Crippen LogP contribution in [-0.4, -0.2) is 22.4 Å². The van der Waals surface area contributed by atoms with Crippen LogP contribution < -0.4 is 4.90 Å². The predicted octanol–water partition coefficient (Wildman–Crippen LogP) is 3.67. The standard InChI is InChI=1S/C16H11ClF4N2O2/c17-9-4-8(5-22-6-9)7-23-11-3-1-2-10(13(24)14(18)19)12(11)16(20,21)15(23)25/h1-6,13-14,24H,7H2. The lowest BCUT2D eigenvalue weighted by Crippen LogP contribution is -2.34. The van der Waals surface area contributed by atoms with Crippen LogP contribution in [0.5, 0.6) is 0 Å². The van der Waals surface area contributed by atoms with Crippen LogP contribution in [0.25, 0.3) is 0 Å². The first kappa shape index (κ1) is 17.6. The van der Waals surface area contributed by atoms with Crippen molar-refractivity contribution in [3.8, 4) is 0 Å². The van der Waals surface area contributed by atoms with Gasteiger partial charge in [-0.25, -0.2) is 8.78 Å². The highest BCUT2D eigenvalue weighted by Gasteiger charge is 2.55. The number of benzene rings is 1. The number of anilines is 1. The molecule has 4 nitrogen and oxygen atoms in total. The molecular formula is C16H11ClF4N2O2. The molecule has 0 bridgehead atoms. The Morgan fingerprint density at radius 1 is 1.28 bits per heavy atom. The number of aliphatic hydroxyl groups excluding tert-OH is 1. The molecule has 1 aliphatic heterocycles. The van der Waals surface area contributed by atoms with Gasteiger partial charge in [0.05, 0.1) is 22.8 Å². The number of aromatic nitrogens is 1. The number of rotatable bonds is 4. The number of carbonyl (C=O) groups excluding carboxylic acids is 1. The summed E-state index contributed by atoms with van der Waals surface area (Å²) in [5.74, 6) is -5.58. The van der Waals surface area contributed by atoms with Crippen LogP contribution in [0.3, 0.4) is 0 Å². The molecule has 0 spiro atoms. The lowest BCUT2D eigenvalue weighted by atomic mass is 9.98. The van der Waals surface area contributed by atoms with Crippen LogP contribution in [0.15, 0.2) is 36.7 Å². The Kier molecular flexibility index (Phi) is 4.42. The quantitative estimate of drug-likeness (QED) is 0.831. The molecule has 1 unspecified atom stereocenters. The molecule has 25 heavy (non-hydrogen) atoms. The van der Waals surface area contributed by atoms with E-state index in [1.807, 2.05) is 0 Å². The highest BCUT2D eigenvalue weighted by atomic mass is 35.5. The monoisotopic (exact) mass is 374 g/mol. The molecule has 1 atom stereocenters. The van der Waals surface area contributed by atoms with Crippen molar-refractivity contribution in [2.24, 2.45) is 0 Å². The van der Waals surface area contributed by atoms with Gasteiger partial charge in [0.15, 0.2) is 0 Å². The highest BCUT2D eigenvalue weighted by molar-refractivity contribution is 6.30. The summed E-state index contributed by atoms with van der Waals surface area (Å²) >= 11 is 5.79. The fourth-order valence-corrected chi connectivity index (χ4v) is 2.97. The van der Waals surface area contributed by atoms with E-state index in [9.17, 15) is 27.5 Å². The number of hydrogen-bond acceptors (Lipinski definition) is 3. The zero-order chi connectivity index (χ0) is 18.4. The molecule has 3 rings (SSSR count). The van der Waals surface area contributed by atoms with Crippen molar-refractivity contribution in [2.45, 2.75) is 25.0 Å². The zero-order valence-corrected chi connectivity index (χ0v) is 13.2. The van der Waals surface area contributed by atoms with Crippen molar-refractivity contribution in [3.05, 3.63) is 58.4 Å². The molecule has 1 aromatic heterocycles. The van der Waals surface area contributed by atoms with Crippen molar-refractivity contribution >= 4 is 23.2 Å². The highest BCUT2D eigenvalue weighted by Crippen LogP contribution is 2.48. The summed E-state index contributed by atoms with van der Waals surface area (Å²) in [6, 6.07) is 4.86. The SMILES string of the molecule is O=C1N(Cc2cncc(Cl)c2)c2cccc(C(O)C(F)F)c2C1(F)F. The van der Waals surface area contributed by atoms with Gasteiger partial charge in [-0.2, -0.15) is 8.78 Å². The van der Waals surface area contributed by atoms with Gasteiger partial charge in [-0.3, -0.25) is 9.78 Å². The van der Waals surface area contributed by atoms with Crippen LogP contribution in [0.1, 0.15) is 22.8 Å². The normalized spacial score (nSPS) is 17.1. The molecule has 1 aromatic carbocycles. The van der Waals surface area contributed by atoms with Crippen LogP contribution in [0.4, 0.5) is 23.2 Å². The summed E-state index contributed by atoms with van der Waals surface area (Å²) < 4.78 is 54.5. The molecule has 1 aliphatic rings. The van der Waals surface area contributed by atoms with Crippen molar-refractivity contribution in [1.82, 2.24) is 4.98 Å². The molecule has 0 radical (unpaired) electrons.